The number of sulfonamides is 1. The Kier molecular flexibility index (Phi) is 6.25. The molecule has 0 fully saturated rings. The normalized spacial score (nSPS) is 11.8. The van der Waals surface area contributed by atoms with Crippen LogP contribution in [0.4, 0.5) is 4.39 Å². The highest BCUT2D eigenvalue weighted by Gasteiger charge is 2.18. The molecule has 21 heavy (non-hydrogen) atoms. The minimum atomic E-state index is -3.89. The van der Waals surface area contributed by atoms with Crippen LogP contribution in [0.2, 0.25) is 0 Å². The minimum absolute atomic E-state index is 0.0504. The zero-order valence-electron chi connectivity index (χ0n) is 11.8. The van der Waals surface area contributed by atoms with Gasteiger partial charge in [-0.3, -0.25) is 0 Å². The highest BCUT2D eigenvalue weighted by Crippen LogP contribution is 2.15. The van der Waals surface area contributed by atoms with Crippen molar-refractivity contribution >= 4 is 16.0 Å². The van der Waals surface area contributed by atoms with Gasteiger partial charge in [-0.05, 0) is 24.1 Å². The van der Waals surface area contributed by atoms with Crippen molar-refractivity contribution in [1.82, 2.24) is 4.72 Å². The lowest BCUT2D eigenvalue weighted by Crippen LogP contribution is -2.28. The maximum absolute atomic E-state index is 13.2. The Morgan fingerprint density at radius 2 is 2.10 bits per heavy atom. The lowest BCUT2D eigenvalue weighted by molar-refractivity contribution is 0.0691. The fraction of sp³-hybridized carbons (Fsp3) is 0.462. The van der Waals surface area contributed by atoms with E-state index in [-0.39, 0.29) is 18.0 Å². The van der Waals surface area contributed by atoms with Crippen molar-refractivity contribution in [3.05, 3.63) is 29.6 Å². The van der Waals surface area contributed by atoms with Crippen LogP contribution < -0.4 is 4.72 Å². The molecule has 0 spiro atoms. The Bertz CT molecular complexity index is 601. The molecule has 0 amide bonds. The first-order valence-electron chi connectivity index (χ1n) is 6.34. The van der Waals surface area contributed by atoms with Crippen LogP contribution in [-0.2, 0) is 14.8 Å². The molecule has 0 aliphatic rings. The van der Waals surface area contributed by atoms with E-state index in [1.807, 2.05) is 13.8 Å². The number of carbonyl (C=O) groups is 1. The lowest BCUT2D eigenvalue weighted by Gasteiger charge is -2.09. The van der Waals surface area contributed by atoms with E-state index in [0.717, 1.165) is 18.2 Å². The van der Waals surface area contributed by atoms with Crippen molar-refractivity contribution in [1.29, 1.82) is 0 Å². The molecule has 0 radical (unpaired) electrons. The maximum Gasteiger partial charge on any atom is 0.338 e. The number of benzene rings is 1. The van der Waals surface area contributed by atoms with Crippen molar-refractivity contribution < 1.29 is 27.4 Å². The minimum Gasteiger partial charge on any atom is -0.478 e. The molecule has 0 heterocycles. The average Bonchev–Trinajstić information content (AvgIpc) is 2.37. The van der Waals surface area contributed by atoms with Gasteiger partial charge in [-0.15, -0.1) is 0 Å². The zero-order chi connectivity index (χ0) is 16.0. The predicted molar refractivity (Wildman–Crippen MR) is 74.2 cm³/mol. The van der Waals surface area contributed by atoms with Crippen molar-refractivity contribution in [3.63, 3.8) is 0 Å². The van der Waals surface area contributed by atoms with E-state index < -0.39 is 27.4 Å². The first kappa shape index (κ1) is 17.5. The standard InChI is InChI=1S/C13H18FNO5S/c1-9(2)8-20-6-5-15-21(18,19)10-3-4-12(14)11(7-10)13(16)17/h3-4,7,9,15H,5-6,8H2,1-2H3,(H,16,17). The van der Waals surface area contributed by atoms with Crippen LogP contribution in [-0.4, -0.2) is 39.3 Å². The van der Waals surface area contributed by atoms with E-state index in [0.29, 0.717) is 12.5 Å². The molecular formula is C13H18FNO5S. The summed E-state index contributed by atoms with van der Waals surface area (Å²) in [4.78, 5) is 10.5. The van der Waals surface area contributed by atoms with Crippen LogP contribution in [0.15, 0.2) is 23.1 Å². The monoisotopic (exact) mass is 319 g/mol. The summed E-state index contributed by atoms with van der Waals surface area (Å²) in [5.74, 6) is -2.16. The van der Waals surface area contributed by atoms with Gasteiger partial charge in [0.05, 0.1) is 17.1 Å². The maximum atomic E-state index is 13.2. The first-order chi connectivity index (χ1) is 9.74. The molecule has 118 valence electrons. The van der Waals surface area contributed by atoms with Gasteiger partial charge < -0.3 is 9.84 Å². The van der Waals surface area contributed by atoms with Gasteiger partial charge in [0.25, 0.3) is 0 Å². The Labute approximate surface area is 123 Å². The number of ether oxygens (including phenoxy) is 1. The van der Waals surface area contributed by atoms with Crippen LogP contribution in [0.3, 0.4) is 0 Å². The molecule has 0 aliphatic heterocycles. The summed E-state index contributed by atoms with van der Waals surface area (Å²) in [6, 6.07) is 2.61. The summed E-state index contributed by atoms with van der Waals surface area (Å²) >= 11 is 0. The molecule has 0 unspecified atom stereocenters. The summed E-state index contributed by atoms with van der Waals surface area (Å²) in [5, 5.41) is 8.78. The lowest BCUT2D eigenvalue weighted by atomic mass is 10.2. The fourth-order valence-electron chi connectivity index (χ4n) is 1.49. The third kappa shape index (κ3) is 5.41. The molecule has 1 aromatic rings. The molecule has 8 heteroatoms. The second kappa shape index (κ2) is 7.48. The predicted octanol–water partition coefficient (Wildman–Crippen LogP) is 1.47. The fourth-order valence-corrected chi connectivity index (χ4v) is 2.52. The number of rotatable bonds is 8. The van der Waals surface area contributed by atoms with Crippen LogP contribution in [0.1, 0.15) is 24.2 Å². The quantitative estimate of drug-likeness (QED) is 0.708. The second-order valence-corrected chi connectivity index (χ2v) is 6.58. The summed E-state index contributed by atoms with van der Waals surface area (Å²) < 4.78 is 44.6. The molecule has 1 aromatic carbocycles. The van der Waals surface area contributed by atoms with Gasteiger partial charge in [-0.2, -0.15) is 0 Å². The molecule has 0 saturated carbocycles. The number of halogens is 1. The molecule has 0 atom stereocenters. The van der Waals surface area contributed by atoms with E-state index >= 15 is 0 Å². The van der Waals surface area contributed by atoms with Crippen LogP contribution in [0.5, 0.6) is 0 Å². The molecule has 2 N–H and O–H groups in total. The van der Waals surface area contributed by atoms with Gasteiger partial charge in [-0.25, -0.2) is 22.3 Å². The van der Waals surface area contributed by atoms with Crippen molar-refractivity contribution in [3.8, 4) is 0 Å². The Morgan fingerprint density at radius 1 is 1.43 bits per heavy atom. The summed E-state index contributed by atoms with van der Waals surface area (Å²) in [7, 11) is -3.89. The molecular weight excluding hydrogens is 301 g/mol. The SMILES string of the molecule is CC(C)COCCNS(=O)(=O)c1ccc(F)c(C(=O)O)c1. The molecule has 0 aliphatic carbocycles. The van der Waals surface area contributed by atoms with E-state index in [2.05, 4.69) is 4.72 Å². The molecule has 0 saturated heterocycles. The highest BCUT2D eigenvalue weighted by atomic mass is 32.2. The number of carboxylic acids is 1. The molecule has 0 aromatic heterocycles. The topological polar surface area (TPSA) is 92.7 Å². The molecule has 0 bridgehead atoms. The Balaban J connectivity index is 2.70. The van der Waals surface area contributed by atoms with Crippen molar-refractivity contribution in [2.75, 3.05) is 19.8 Å². The number of carboxylic acid groups (broad SMARTS) is 1. The van der Waals surface area contributed by atoms with Gasteiger partial charge in [0, 0.05) is 13.2 Å². The van der Waals surface area contributed by atoms with E-state index in [9.17, 15) is 17.6 Å². The van der Waals surface area contributed by atoms with Crippen LogP contribution in [0, 0.1) is 11.7 Å². The summed E-state index contributed by atoms with van der Waals surface area (Å²) in [5.41, 5.74) is -0.686. The average molecular weight is 319 g/mol. The second-order valence-electron chi connectivity index (χ2n) is 4.81. The van der Waals surface area contributed by atoms with Gasteiger partial charge in [-0.1, -0.05) is 13.8 Å². The largest absolute Gasteiger partial charge is 0.478 e. The summed E-state index contributed by atoms with van der Waals surface area (Å²) in [6.07, 6.45) is 0. The zero-order valence-corrected chi connectivity index (χ0v) is 12.6. The third-order valence-corrected chi connectivity index (χ3v) is 3.93. The summed E-state index contributed by atoms with van der Waals surface area (Å²) in [6.45, 7) is 4.70. The molecule has 1 rings (SSSR count). The van der Waals surface area contributed by atoms with E-state index in [1.54, 1.807) is 0 Å². The Hall–Kier alpha value is -1.51. The smallest absolute Gasteiger partial charge is 0.338 e. The van der Waals surface area contributed by atoms with Crippen molar-refractivity contribution in [2.24, 2.45) is 5.92 Å². The van der Waals surface area contributed by atoms with Gasteiger partial charge in [0.2, 0.25) is 10.0 Å². The number of hydrogen-bond acceptors (Lipinski definition) is 4. The van der Waals surface area contributed by atoms with E-state index in [1.165, 1.54) is 0 Å². The Morgan fingerprint density at radius 3 is 2.67 bits per heavy atom. The first-order valence-corrected chi connectivity index (χ1v) is 7.82. The van der Waals surface area contributed by atoms with Gasteiger partial charge >= 0.3 is 5.97 Å². The highest BCUT2D eigenvalue weighted by molar-refractivity contribution is 7.89. The van der Waals surface area contributed by atoms with Crippen LogP contribution in [0.25, 0.3) is 0 Å². The van der Waals surface area contributed by atoms with Gasteiger partial charge in [0.15, 0.2) is 0 Å². The number of nitrogens with one attached hydrogen (secondary N) is 1. The molecule has 6 nitrogen and oxygen atoms in total. The van der Waals surface area contributed by atoms with Crippen molar-refractivity contribution in [2.45, 2.75) is 18.7 Å². The van der Waals surface area contributed by atoms with E-state index in [4.69, 9.17) is 9.84 Å². The third-order valence-electron chi connectivity index (χ3n) is 2.47. The van der Waals surface area contributed by atoms with Crippen LogP contribution >= 0.6 is 0 Å². The number of hydrogen-bond donors (Lipinski definition) is 2. The van der Waals surface area contributed by atoms with Gasteiger partial charge in [0.1, 0.15) is 5.82 Å². The number of aromatic carboxylic acids is 1.